The number of hydrogen-bond donors (Lipinski definition) is 2. The third-order valence-corrected chi connectivity index (χ3v) is 5.13. The van der Waals surface area contributed by atoms with Gasteiger partial charge in [0.15, 0.2) is 0 Å². The lowest BCUT2D eigenvalue weighted by atomic mass is 10.1. The molecule has 156 valence electrons. The van der Waals surface area contributed by atoms with Crippen molar-refractivity contribution in [3.05, 3.63) is 29.8 Å². The molecule has 2 amide bonds. The van der Waals surface area contributed by atoms with Gasteiger partial charge in [0.25, 0.3) is 0 Å². The number of nitrogens with zero attached hydrogens (tertiary/aromatic N) is 2. The highest BCUT2D eigenvalue weighted by atomic mass is 16.5. The van der Waals surface area contributed by atoms with Crippen LogP contribution in [0.25, 0.3) is 0 Å². The second-order valence-electron chi connectivity index (χ2n) is 7.34. The largest absolute Gasteiger partial charge is 0.496 e. The number of para-hydroxylation sites is 1. The van der Waals surface area contributed by atoms with Crippen LogP contribution in [-0.4, -0.2) is 80.6 Å². The van der Waals surface area contributed by atoms with Crippen LogP contribution in [0.15, 0.2) is 24.3 Å². The highest BCUT2D eigenvalue weighted by Gasteiger charge is 2.20. The Labute approximate surface area is 168 Å². The number of benzene rings is 1. The summed E-state index contributed by atoms with van der Waals surface area (Å²) in [6.45, 7) is 8.72. The molecule has 0 aliphatic carbocycles. The van der Waals surface area contributed by atoms with E-state index in [0.29, 0.717) is 19.6 Å². The zero-order chi connectivity index (χ0) is 20.4. The van der Waals surface area contributed by atoms with E-state index in [0.717, 1.165) is 50.3 Å². The fourth-order valence-electron chi connectivity index (χ4n) is 3.24. The Balaban J connectivity index is 1.63. The van der Waals surface area contributed by atoms with Gasteiger partial charge in [0.05, 0.1) is 20.2 Å². The second-order valence-corrected chi connectivity index (χ2v) is 7.34. The highest BCUT2D eigenvalue weighted by molar-refractivity contribution is 5.78. The molecule has 7 heteroatoms. The molecule has 0 bridgehead atoms. The Kier molecular flexibility index (Phi) is 9.23. The van der Waals surface area contributed by atoms with Crippen molar-refractivity contribution in [2.75, 3.05) is 52.9 Å². The molecule has 0 saturated carbocycles. The van der Waals surface area contributed by atoms with Crippen molar-refractivity contribution in [2.24, 2.45) is 0 Å². The number of hydrogen-bond acceptors (Lipinski definition) is 5. The predicted octanol–water partition coefficient (Wildman–Crippen LogP) is 0.886. The SMILES string of the molecule is CCC(C)NC(=O)CN1CCN(CC(=O)NCCc2ccccc2OC)CC1. The summed E-state index contributed by atoms with van der Waals surface area (Å²) in [4.78, 5) is 28.5. The summed E-state index contributed by atoms with van der Waals surface area (Å²) < 4.78 is 5.34. The zero-order valence-corrected chi connectivity index (χ0v) is 17.4. The average Bonchev–Trinajstić information content (AvgIpc) is 2.69. The maximum atomic E-state index is 12.2. The molecule has 0 spiro atoms. The normalized spacial score (nSPS) is 16.4. The molecule has 0 aromatic heterocycles. The van der Waals surface area contributed by atoms with E-state index in [1.165, 1.54) is 0 Å². The summed E-state index contributed by atoms with van der Waals surface area (Å²) in [7, 11) is 1.66. The lowest BCUT2D eigenvalue weighted by molar-refractivity contribution is -0.125. The fourth-order valence-corrected chi connectivity index (χ4v) is 3.24. The van der Waals surface area contributed by atoms with Gasteiger partial charge in [-0.25, -0.2) is 0 Å². The highest BCUT2D eigenvalue weighted by Crippen LogP contribution is 2.17. The predicted molar refractivity (Wildman–Crippen MR) is 110 cm³/mol. The van der Waals surface area contributed by atoms with Crippen molar-refractivity contribution in [3.63, 3.8) is 0 Å². The van der Waals surface area contributed by atoms with Gasteiger partial charge in [-0.15, -0.1) is 0 Å². The molecule has 1 fully saturated rings. The third-order valence-electron chi connectivity index (χ3n) is 5.13. The molecule has 0 radical (unpaired) electrons. The first-order valence-electron chi connectivity index (χ1n) is 10.1. The van der Waals surface area contributed by atoms with Gasteiger partial charge in [0.2, 0.25) is 11.8 Å². The van der Waals surface area contributed by atoms with Gasteiger partial charge in [-0.05, 0) is 31.4 Å². The molecule has 2 N–H and O–H groups in total. The van der Waals surface area contributed by atoms with Gasteiger partial charge in [0, 0.05) is 38.8 Å². The van der Waals surface area contributed by atoms with Crippen LogP contribution in [0.4, 0.5) is 0 Å². The summed E-state index contributed by atoms with van der Waals surface area (Å²) in [6.07, 6.45) is 1.68. The molecule has 1 saturated heterocycles. The maximum absolute atomic E-state index is 12.2. The Morgan fingerprint density at radius 2 is 1.68 bits per heavy atom. The van der Waals surface area contributed by atoms with E-state index in [-0.39, 0.29) is 17.9 Å². The lowest BCUT2D eigenvalue weighted by Crippen LogP contribution is -2.52. The van der Waals surface area contributed by atoms with Crippen LogP contribution in [0, 0.1) is 0 Å². The van der Waals surface area contributed by atoms with Gasteiger partial charge < -0.3 is 15.4 Å². The van der Waals surface area contributed by atoms with Crippen LogP contribution in [0.1, 0.15) is 25.8 Å². The first-order valence-corrected chi connectivity index (χ1v) is 10.1. The number of amides is 2. The molecule has 7 nitrogen and oxygen atoms in total. The molecule has 28 heavy (non-hydrogen) atoms. The molecular formula is C21H34N4O3. The van der Waals surface area contributed by atoms with Crippen molar-refractivity contribution in [3.8, 4) is 5.75 Å². The Bertz CT molecular complexity index is 630. The number of rotatable bonds is 10. The van der Waals surface area contributed by atoms with Crippen LogP contribution < -0.4 is 15.4 Å². The molecule has 1 heterocycles. The van der Waals surface area contributed by atoms with Crippen molar-refractivity contribution < 1.29 is 14.3 Å². The molecular weight excluding hydrogens is 356 g/mol. The van der Waals surface area contributed by atoms with Gasteiger partial charge in [0.1, 0.15) is 5.75 Å². The molecule has 1 aliphatic rings. The second kappa shape index (κ2) is 11.7. The summed E-state index contributed by atoms with van der Waals surface area (Å²) in [5.74, 6) is 0.972. The Morgan fingerprint density at radius 1 is 1.07 bits per heavy atom. The molecule has 1 atom stereocenters. The molecule has 2 rings (SSSR count). The lowest BCUT2D eigenvalue weighted by Gasteiger charge is -2.34. The van der Waals surface area contributed by atoms with Crippen LogP contribution in [-0.2, 0) is 16.0 Å². The number of carbonyl (C=O) groups excluding carboxylic acids is 2. The van der Waals surface area contributed by atoms with E-state index >= 15 is 0 Å². The minimum absolute atomic E-state index is 0.0397. The quantitative estimate of drug-likeness (QED) is 0.621. The van der Waals surface area contributed by atoms with Crippen molar-refractivity contribution in [2.45, 2.75) is 32.7 Å². The maximum Gasteiger partial charge on any atom is 0.234 e. The van der Waals surface area contributed by atoms with Crippen molar-refractivity contribution in [1.29, 1.82) is 0 Å². The van der Waals surface area contributed by atoms with E-state index in [2.05, 4.69) is 27.4 Å². The van der Waals surface area contributed by atoms with E-state index in [1.54, 1.807) is 7.11 Å². The van der Waals surface area contributed by atoms with Gasteiger partial charge in [-0.3, -0.25) is 19.4 Å². The number of ether oxygens (including phenoxy) is 1. The monoisotopic (exact) mass is 390 g/mol. The standard InChI is InChI=1S/C21H34N4O3/c1-4-17(2)23-21(27)16-25-13-11-24(12-14-25)15-20(26)22-10-9-18-7-5-6-8-19(18)28-3/h5-8,17H,4,9-16H2,1-3H3,(H,22,26)(H,23,27). The minimum atomic E-state index is 0.0397. The molecule has 1 aliphatic heterocycles. The summed E-state index contributed by atoms with van der Waals surface area (Å²) in [6, 6.07) is 8.08. The van der Waals surface area contributed by atoms with Crippen LogP contribution in [0.3, 0.4) is 0 Å². The fraction of sp³-hybridized carbons (Fsp3) is 0.619. The summed E-state index contributed by atoms with van der Waals surface area (Å²) >= 11 is 0. The van der Waals surface area contributed by atoms with Gasteiger partial charge >= 0.3 is 0 Å². The van der Waals surface area contributed by atoms with Crippen LogP contribution >= 0.6 is 0 Å². The van der Waals surface area contributed by atoms with Crippen LogP contribution in [0.2, 0.25) is 0 Å². The van der Waals surface area contributed by atoms with Gasteiger partial charge in [-0.2, -0.15) is 0 Å². The van der Waals surface area contributed by atoms with E-state index in [9.17, 15) is 9.59 Å². The summed E-state index contributed by atoms with van der Waals surface area (Å²) in [5.41, 5.74) is 1.09. The van der Waals surface area contributed by atoms with E-state index < -0.39 is 0 Å². The van der Waals surface area contributed by atoms with Crippen LogP contribution in [0.5, 0.6) is 5.75 Å². The number of methoxy groups -OCH3 is 1. The number of piperazine rings is 1. The van der Waals surface area contributed by atoms with Gasteiger partial charge in [-0.1, -0.05) is 25.1 Å². The third kappa shape index (κ3) is 7.48. The van der Waals surface area contributed by atoms with Crippen molar-refractivity contribution in [1.82, 2.24) is 20.4 Å². The smallest absolute Gasteiger partial charge is 0.234 e. The molecule has 1 unspecified atom stereocenters. The van der Waals surface area contributed by atoms with Crippen molar-refractivity contribution >= 4 is 11.8 Å². The Hall–Kier alpha value is -2.12. The topological polar surface area (TPSA) is 73.9 Å². The number of nitrogens with one attached hydrogen (secondary N) is 2. The first-order chi connectivity index (χ1) is 13.5. The average molecular weight is 391 g/mol. The zero-order valence-electron chi connectivity index (χ0n) is 17.4. The molecule has 1 aromatic carbocycles. The minimum Gasteiger partial charge on any atom is -0.496 e. The number of carbonyl (C=O) groups is 2. The van der Waals surface area contributed by atoms with E-state index in [1.807, 2.05) is 31.2 Å². The first kappa shape index (κ1) is 22.2. The molecule has 1 aromatic rings. The Morgan fingerprint density at radius 3 is 2.29 bits per heavy atom. The summed E-state index contributed by atoms with van der Waals surface area (Å²) in [5, 5.41) is 5.99. The van der Waals surface area contributed by atoms with E-state index in [4.69, 9.17) is 4.74 Å².